The van der Waals surface area contributed by atoms with Crippen LogP contribution in [0.2, 0.25) is 5.31 Å². The summed E-state index contributed by atoms with van der Waals surface area (Å²) >= 11 is 2.39. The third-order valence-electron chi connectivity index (χ3n) is 0.401. The van der Waals surface area contributed by atoms with Crippen LogP contribution in [0, 0.1) is 0 Å². The van der Waals surface area contributed by atoms with Crippen molar-refractivity contribution in [2.24, 2.45) is 0 Å². The number of rotatable bonds is 1. The Morgan fingerprint density at radius 2 is 1.83 bits per heavy atom. The van der Waals surface area contributed by atoms with E-state index in [0.717, 1.165) is 0 Å². The zero-order valence-corrected chi connectivity index (χ0v) is 6.74. The second kappa shape index (κ2) is 2.19. The first-order valence-electron chi connectivity index (χ1n) is 2.12. The van der Waals surface area contributed by atoms with E-state index in [9.17, 15) is 0 Å². The van der Waals surface area contributed by atoms with Crippen LogP contribution in [0.4, 0.5) is 0 Å². The smallest absolute Gasteiger partial charge is 0.0866 e. The van der Waals surface area contributed by atoms with E-state index in [1.807, 2.05) is 0 Å². The van der Waals surface area contributed by atoms with Crippen molar-refractivity contribution in [1.29, 1.82) is 0 Å². The summed E-state index contributed by atoms with van der Waals surface area (Å²) in [5.74, 6) is 0. The van der Waals surface area contributed by atoms with Crippen molar-refractivity contribution >= 4 is 30.4 Å². The Morgan fingerprint density at radius 3 is 1.83 bits per heavy atom. The van der Waals surface area contributed by atoms with Crippen molar-refractivity contribution in [2.75, 3.05) is 4.43 Å². The molecule has 0 heterocycles. The number of alkyl halides is 1. The van der Waals surface area contributed by atoms with Gasteiger partial charge in [0.2, 0.25) is 0 Å². The summed E-state index contributed by atoms with van der Waals surface area (Å²) in [7, 11) is 2.24. The third-order valence-corrected chi connectivity index (χ3v) is 2.69. The molecule has 0 atom stereocenters. The molecule has 6 heavy (non-hydrogen) atoms. The second-order valence-corrected chi connectivity index (χ2v) is 3.46. The maximum absolute atomic E-state index is 2.39. The zero-order valence-electron chi connectivity index (χ0n) is 4.59. The van der Waals surface area contributed by atoms with E-state index in [0.29, 0.717) is 5.31 Å². The second-order valence-electron chi connectivity index (χ2n) is 2.69. The first-order chi connectivity index (χ1) is 2.56. The van der Waals surface area contributed by atoms with E-state index < -0.39 is 0 Å². The number of halogens is 1. The molecule has 2 heteroatoms. The average Bonchev–Trinajstić information content (AvgIpc) is 1.35. The van der Waals surface area contributed by atoms with Gasteiger partial charge in [-0.15, -0.1) is 0 Å². The van der Waals surface area contributed by atoms with Gasteiger partial charge in [0.1, 0.15) is 7.85 Å². The largest absolute Gasteiger partial charge is 0.109 e. The molecule has 0 unspecified atom stereocenters. The van der Waals surface area contributed by atoms with Gasteiger partial charge in [0.25, 0.3) is 0 Å². The highest BCUT2D eigenvalue weighted by atomic mass is 127. The van der Waals surface area contributed by atoms with Gasteiger partial charge in [0, 0.05) is 0 Å². The van der Waals surface area contributed by atoms with E-state index in [1.165, 1.54) is 4.43 Å². The van der Waals surface area contributed by atoms with Crippen LogP contribution in [-0.4, -0.2) is 12.3 Å². The molecule has 0 N–H and O–H groups in total. The van der Waals surface area contributed by atoms with E-state index >= 15 is 0 Å². The van der Waals surface area contributed by atoms with Gasteiger partial charge in [-0.2, -0.15) is 0 Å². The van der Waals surface area contributed by atoms with Gasteiger partial charge in [-0.3, -0.25) is 0 Å². The normalized spacial score (nSPS) is 11.8. The number of hydrogen-bond donors (Lipinski definition) is 0. The quantitative estimate of drug-likeness (QED) is 0.336. The lowest BCUT2D eigenvalue weighted by molar-refractivity contribution is 0.793. The van der Waals surface area contributed by atoms with Gasteiger partial charge in [-0.05, 0) is 4.43 Å². The molecule has 0 bridgehead atoms. The fourth-order valence-electron chi connectivity index (χ4n) is 0. The summed E-state index contributed by atoms with van der Waals surface area (Å²) in [6.45, 7) is 4.47. The minimum Gasteiger partial charge on any atom is -0.0866 e. The van der Waals surface area contributed by atoms with Crippen molar-refractivity contribution in [3.63, 3.8) is 0 Å². The highest BCUT2D eigenvalue weighted by molar-refractivity contribution is 14.1. The molecule has 0 aliphatic carbocycles. The number of hydrogen-bond acceptors (Lipinski definition) is 0. The summed E-state index contributed by atoms with van der Waals surface area (Å²) in [5.41, 5.74) is 0. The Bertz CT molecular complexity index is 37.3. The molecule has 0 spiro atoms. The lowest BCUT2D eigenvalue weighted by atomic mass is 9.75. The Balaban J connectivity index is 3.17. The predicted molar refractivity (Wildman–Crippen MR) is 41.5 cm³/mol. The van der Waals surface area contributed by atoms with Crippen LogP contribution in [0.15, 0.2) is 0 Å². The first kappa shape index (κ1) is 6.79. The molecule has 0 rings (SSSR count). The van der Waals surface area contributed by atoms with Crippen LogP contribution >= 0.6 is 22.6 Å². The lowest BCUT2D eigenvalue weighted by Gasteiger charge is -2.11. The fourth-order valence-corrected chi connectivity index (χ4v) is 0. The van der Waals surface area contributed by atoms with Crippen molar-refractivity contribution in [2.45, 2.75) is 19.2 Å². The summed E-state index contributed by atoms with van der Waals surface area (Å²) in [4.78, 5) is 0. The Morgan fingerprint density at radius 1 is 1.67 bits per heavy atom. The van der Waals surface area contributed by atoms with Gasteiger partial charge < -0.3 is 0 Å². The molecule has 0 saturated carbocycles. The van der Waals surface area contributed by atoms with Gasteiger partial charge in [-0.1, -0.05) is 41.8 Å². The van der Waals surface area contributed by atoms with Crippen LogP contribution in [0.3, 0.4) is 0 Å². The summed E-state index contributed by atoms with van der Waals surface area (Å²) in [6, 6.07) is 0. The Hall–Kier alpha value is 0.795. The molecule has 0 aromatic heterocycles. The van der Waals surface area contributed by atoms with E-state index in [4.69, 9.17) is 0 Å². The summed E-state index contributed by atoms with van der Waals surface area (Å²) in [5, 5.41) is 0.528. The molecule has 0 fully saturated rings. The zero-order chi connectivity index (χ0) is 5.21. The van der Waals surface area contributed by atoms with E-state index in [-0.39, 0.29) is 0 Å². The maximum Gasteiger partial charge on any atom is 0.109 e. The Labute approximate surface area is 54.2 Å². The van der Waals surface area contributed by atoms with E-state index in [1.54, 1.807) is 0 Å². The monoisotopic (exact) mass is 196 g/mol. The van der Waals surface area contributed by atoms with E-state index in [2.05, 4.69) is 44.3 Å². The highest BCUT2D eigenvalue weighted by Gasteiger charge is 2.05. The van der Waals surface area contributed by atoms with Crippen molar-refractivity contribution < 1.29 is 0 Å². The van der Waals surface area contributed by atoms with Crippen LogP contribution < -0.4 is 0 Å². The molecule has 0 aliphatic rings. The predicted octanol–water partition coefficient (Wildman–Crippen LogP) is 1.25. The van der Waals surface area contributed by atoms with Crippen LogP contribution in [0.1, 0.15) is 13.8 Å². The fraction of sp³-hybridized carbons (Fsp3) is 1.00. The van der Waals surface area contributed by atoms with Gasteiger partial charge in [0.05, 0.1) is 0 Å². The third kappa shape index (κ3) is 4.79. The standard InChI is InChI=1S/C4H10BI/c1-4(2,5)3-6/h3,5H2,1-2H3. The van der Waals surface area contributed by atoms with Crippen molar-refractivity contribution in [1.82, 2.24) is 0 Å². The van der Waals surface area contributed by atoms with Crippen molar-refractivity contribution in [3.8, 4) is 0 Å². The molecule has 0 nitrogen and oxygen atoms in total. The molecule has 0 aromatic rings. The van der Waals surface area contributed by atoms with Gasteiger partial charge >= 0.3 is 0 Å². The lowest BCUT2D eigenvalue weighted by Crippen LogP contribution is -2.01. The molecule has 0 aromatic carbocycles. The topological polar surface area (TPSA) is 0 Å². The first-order valence-corrected chi connectivity index (χ1v) is 3.65. The molecule has 0 radical (unpaired) electrons. The minimum atomic E-state index is 0.528. The highest BCUT2D eigenvalue weighted by Crippen LogP contribution is 2.20. The molecule has 0 saturated heterocycles. The molecule has 0 amide bonds. The summed E-state index contributed by atoms with van der Waals surface area (Å²) < 4.78 is 1.24. The van der Waals surface area contributed by atoms with Gasteiger partial charge in [-0.25, -0.2) is 0 Å². The van der Waals surface area contributed by atoms with Crippen LogP contribution in [0.5, 0.6) is 0 Å². The molecular weight excluding hydrogens is 186 g/mol. The average molecular weight is 196 g/mol. The molecular formula is C4H10BI. The van der Waals surface area contributed by atoms with Crippen molar-refractivity contribution in [3.05, 3.63) is 0 Å². The minimum absolute atomic E-state index is 0.528. The van der Waals surface area contributed by atoms with Crippen LogP contribution in [0.25, 0.3) is 0 Å². The van der Waals surface area contributed by atoms with Gasteiger partial charge in [0.15, 0.2) is 0 Å². The molecule has 0 aliphatic heterocycles. The Kier molecular flexibility index (Phi) is 2.48. The SMILES string of the molecule is BC(C)(C)CI. The maximum atomic E-state index is 2.39. The van der Waals surface area contributed by atoms with Crippen LogP contribution in [-0.2, 0) is 0 Å². The molecule has 36 valence electrons. The summed E-state index contributed by atoms with van der Waals surface area (Å²) in [6.07, 6.45) is 0.